The SMILES string of the molecule is C=CCc1cc(CNc2ccccc2C)cc(OCC)c1OS(=O)(=O)c1ccc(C)cc1. The predicted octanol–water partition coefficient (Wildman–Crippen LogP) is 5.81. The summed E-state index contributed by atoms with van der Waals surface area (Å²) in [6, 6.07) is 18.4. The Morgan fingerprint density at radius 2 is 1.75 bits per heavy atom. The normalized spacial score (nSPS) is 11.1. The number of benzene rings is 3. The minimum atomic E-state index is -4.02. The highest BCUT2D eigenvalue weighted by molar-refractivity contribution is 7.87. The lowest BCUT2D eigenvalue weighted by atomic mass is 10.1. The van der Waals surface area contributed by atoms with Gasteiger partial charge in [-0.15, -0.1) is 6.58 Å². The minimum Gasteiger partial charge on any atom is -0.490 e. The molecule has 3 aromatic rings. The number of hydrogen-bond acceptors (Lipinski definition) is 5. The van der Waals surface area contributed by atoms with Crippen molar-refractivity contribution in [2.45, 2.75) is 38.6 Å². The molecule has 5 nitrogen and oxygen atoms in total. The Morgan fingerprint density at radius 3 is 2.41 bits per heavy atom. The molecule has 32 heavy (non-hydrogen) atoms. The summed E-state index contributed by atoms with van der Waals surface area (Å²) >= 11 is 0. The van der Waals surface area contributed by atoms with E-state index in [9.17, 15) is 8.42 Å². The Labute approximate surface area is 190 Å². The second-order valence-corrected chi connectivity index (χ2v) is 9.07. The molecule has 0 radical (unpaired) electrons. The Balaban J connectivity index is 1.96. The monoisotopic (exact) mass is 451 g/mol. The highest BCUT2D eigenvalue weighted by atomic mass is 32.2. The van der Waals surface area contributed by atoms with Crippen molar-refractivity contribution in [3.05, 3.63) is 95.6 Å². The Kier molecular flexibility index (Phi) is 7.59. The molecule has 0 heterocycles. The molecule has 0 amide bonds. The van der Waals surface area contributed by atoms with Gasteiger partial charge >= 0.3 is 10.1 Å². The first kappa shape index (κ1) is 23.4. The van der Waals surface area contributed by atoms with Crippen LogP contribution in [0.2, 0.25) is 0 Å². The Hall–Kier alpha value is -3.25. The number of hydrogen-bond donors (Lipinski definition) is 1. The van der Waals surface area contributed by atoms with Crippen LogP contribution in [0.3, 0.4) is 0 Å². The number of para-hydroxylation sites is 1. The van der Waals surface area contributed by atoms with Gasteiger partial charge in [-0.25, -0.2) is 0 Å². The van der Waals surface area contributed by atoms with Crippen LogP contribution >= 0.6 is 0 Å². The van der Waals surface area contributed by atoms with Gasteiger partial charge in [0.1, 0.15) is 4.90 Å². The van der Waals surface area contributed by atoms with Crippen molar-refractivity contribution >= 4 is 15.8 Å². The van der Waals surface area contributed by atoms with Crippen LogP contribution in [0.5, 0.6) is 11.5 Å². The van der Waals surface area contributed by atoms with Crippen molar-refractivity contribution < 1.29 is 17.3 Å². The quantitative estimate of drug-likeness (QED) is 0.311. The molecular weight excluding hydrogens is 422 g/mol. The van der Waals surface area contributed by atoms with Gasteiger partial charge in [-0.3, -0.25) is 0 Å². The van der Waals surface area contributed by atoms with Gasteiger partial charge in [-0.2, -0.15) is 8.42 Å². The third-order valence-corrected chi connectivity index (χ3v) is 6.22. The molecule has 0 unspecified atom stereocenters. The fourth-order valence-corrected chi connectivity index (χ4v) is 4.30. The number of aryl methyl sites for hydroxylation is 2. The molecule has 0 aliphatic carbocycles. The second kappa shape index (κ2) is 10.4. The zero-order valence-electron chi connectivity index (χ0n) is 18.7. The number of nitrogens with one attached hydrogen (secondary N) is 1. The molecule has 0 spiro atoms. The number of allylic oxidation sites excluding steroid dienone is 1. The van der Waals surface area contributed by atoms with E-state index in [1.165, 1.54) is 0 Å². The van der Waals surface area contributed by atoms with Crippen molar-refractivity contribution in [2.24, 2.45) is 0 Å². The smallest absolute Gasteiger partial charge is 0.339 e. The largest absolute Gasteiger partial charge is 0.490 e. The molecular formula is C26H29NO4S. The average Bonchev–Trinajstić information content (AvgIpc) is 2.76. The maximum atomic E-state index is 12.9. The van der Waals surface area contributed by atoms with Gasteiger partial charge in [0.15, 0.2) is 11.5 Å². The highest BCUT2D eigenvalue weighted by Gasteiger charge is 2.22. The molecule has 0 fully saturated rings. The molecule has 1 N–H and O–H groups in total. The van der Waals surface area contributed by atoms with Gasteiger partial charge in [0.25, 0.3) is 0 Å². The average molecular weight is 452 g/mol. The zero-order chi connectivity index (χ0) is 23.1. The van der Waals surface area contributed by atoms with E-state index >= 15 is 0 Å². The molecule has 3 aromatic carbocycles. The number of anilines is 1. The molecule has 3 rings (SSSR count). The third-order valence-electron chi connectivity index (χ3n) is 4.99. The summed E-state index contributed by atoms with van der Waals surface area (Å²) in [4.78, 5) is 0.0976. The van der Waals surface area contributed by atoms with Gasteiger partial charge in [-0.1, -0.05) is 42.0 Å². The van der Waals surface area contributed by atoms with E-state index < -0.39 is 10.1 Å². The van der Waals surface area contributed by atoms with Gasteiger partial charge in [0.2, 0.25) is 0 Å². The summed E-state index contributed by atoms with van der Waals surface area (Å²) in [6.45, 7) is 10.5. The first-order chi connectivity index (χ1) is 15.3. The third kappa shape index (κ3) is 5.71. The van der Waals surface area contributed by atoms with Crippen LogP contribution in [-0.2, 0) is 23.1 Å². The van der Waals surface area contributed by atoms with Crippen LogP contribution in [0, 0.1) is 13.8 Å². The molecule has 0 atom stereocenters. The fraction of sp³-hybridized carbons (Fsp3) is 0.231. The van der Waals surface area contributed by atoms with Crippen LogP contribution < -0.4 is 14.2 Å². The molecule has 0 aromatic heterocycles. The molecule has 0 bridgehead atoms. The lowest BCUT2D eigenvalue weighted by Gasteiger charge is -2.18. The maximum Gasteiger partial charge on any atom is 0.339 e. The molecule has 6 heteroatoms. The Morgan fingerprint density at radius 1 is 1.03 bits per heavy atom. The van der Waals surface area contributed by atoms with E-state index in [0.29, 0.717) is 30.9 Å². The summed E-state index contributed by atoms with van der Waals surface area (Å²) in [7, 11) is -4.02. The standard InChI is InChI=1S/C26H29NO4S/c1-5-9-22-16-21(18-27-24-11-8-7-10-20(24)4)17-25(30-6-2)26(22)31-32(28,29)23-14-12-19(3)13-15-23/h5,7-8,10-17,27H,1,6,9,18H2,2-4H3. The van der Waals surface area contributed by atoms with E-state index in [-0.39, 0.29) is 10.6 Å². The van der Waals surface area contributed by atoms with Crippen molar-refractivity contribution in [3.63, 3.8) is 0 Å². The van der Waals surface area contributed by atoms with E-state index in [2.05, 4.69) is 11.9 Å². The van der Waals surface area contributed by atoms with E-state index in [4.69, 9.17) is 8.92 Å². The lowest BCUT2D eigenvalue weighted by molar-refractivity contribution is 0.326. The number of rotatable bonds is 10. The van der Waals surface area contributed by atoms with Gasteiger partial charge in [-0.05, 0) is 68.7 Å². The van der Waals surface area contributed by atoms with Crippen molar-refractivity contribution in [2.75, 3.05) is 11.9 Å². The molecule has 0 aliphatic rings. The summed E-state index contributed by atoms with van der Waals surface area (Å²) < 4.78 is 37.3. The van der Waals surface area contributed by atoms with Gasteiger partial charge in [0.05, 0.1) is 6.61 Å². The Bertz CT molecular complexity index is 1180. The highest BCUT2D eigenvalue weighted by Crippen LogP contribution is 2.36. The van der Waals surface area contributed by atoms with Crippen LogP contribution in [0.4, 0.5) is 5.69 Å². The number of ether oxygens (including phenoxy) is 1. The molecule has 0 aliphatic heterocycles. The van der Waals surface area contributed by atoms with Crippen LogP contribution in [0.25, 0.3) is 0 Å². The van der Waals surface area contributed by atoms with Crippen LogP contribution in [0.1, 0.15) is 29.2 Å². The van der Waals surface area contributed by atoms with E-state index in [1.807, 2.05) is 57.2 Å². The van der Waals surface area contributed by atoms with Gasteiger partial charge in [0, 0.05) is 17.8 Å². The summed E-state index contributed by atoms with van der Waals surface area (Å²) in [6.07, 6.45) is 2.16. The van der Waals surface area contributed by atoms with Crippen molar-refractivity contribution in [3.8, 4) is 11.5 Å². The van der Waals surface area contributed by atoms with E-state index in [0.717, 1.165) is 22.4 Å². The maximum absolute atomic E-state index is 12.9. The summed E-state index contributed by atoms with van der Waals surface area (Å²) in [5.74, 6) is 0.594. The van der Waals surface area contributed by atoms with Crippen LogP contribution in [-0.4, -0.2) is 15.0 Å². The summed E-state index contributed by atoms with van der Waals surface area (Å²) in [5, 5.41) is 3.43. The van der Waals surface area contributed by atoms with Crippen molar-refractivity contribution in [1.29, 1.82) is 0 Å². The zero-order valence-corrected chi connectivity index (χ0v) is 19.5. The lowest BCUT2D eigenvalue weighted by Crippen LogP contribution is -2.13. The van der Waals surface area contributed by atoms with Gasteiger partial charge < -0.3 is 14.2 Å². The molecule has 168 valence electrons. The second-order valence-electron chi connectivity index (χ2n) is 7.53. The van der Waals surface area contributed by atoms with Crippen molar-refractivity contribution in [1.82, 2.24) is 0 Å². The minimum absolute atomic E-state index is 0.0976. The molecule has 0 saturated carbocycles. The topological polar surface area (TPSA) is 64.6 Å². The molecule has 0 saturated heterocycles. The first-order valence-corrected chi connectivity index (χ1v) is 11.9. The predicted molar refractivity (Wildman–Crippen MR) is 129 cm³/mol. The fourth-order valence-electron chi connectivity index (χ4n) is 3.32. The van der Waals surface area contributed by atoms with E-state index in [1.54, 1.807) is 30.3 Å². The first-order valence-electron chi connectivity index (χ1n) is 10.5. The summed E-state index contributed by atoms with van der Waals surface area (Å²) in [5.41, 5.74) is 4.81. The van der Waals surface area contributed by atoms with Crippen LogP contribution in [0.15, 0.2) is 78.2 Å².